The second-order valence-corrected chi connectivity index (χ2v) is 5.68. The van der Waals surface area contributed by atoms with Gasteiger partial charge in [-0.1, -0.05) is 25.5 Å². The van der Waals surface area contributed by atoms with E-state index in [0.717, 1.165) is 46.7 Å². The Hall–Kier alpha value is -1.62. The van der Waals surface area contributed by atoms with Crippen LogP contribution in [0.15, 0.2) is 29.0 Å². The van der Waals surface area contributed by atoms with Gasteiger partial charge < -0.3 is 10.6 Å². The van der Waals surface area contributed by atoms with Crippen molar-refractivity contribution in [1.29, 1.82) is 0 Å². The van der Waals surface area contributed by atoms with E-state index in [1.165, 1.54) is 5.56 Å². The van der Waals surface area contributed by atoms with Gasteiger partial charge in [-0.15, -0.1) is 0 Å². The van der Waals surface area contributed by atoms with Gasteiger partial charge in [0.05, 0.1) is 5.69 Å². The third-order valence-electron chi connectivity index (χ3n) is 3.23. The average molecular weight is 349 g/mol. The molecule has 0 aliphatic carbocycles. The number of aromatic nitrogens is 2. The summed E-state index contributed by atoms with van der Waals surface area (Å²) in [6.45, 7) is 7.16. The van der Waals surface area contributed by atoms with Crippen molar-refractivity contribution in [3.8, 4) is 0 Å². The van der Waals surface area contributed by atoms with E-state index >= 15 is 0 Å². The van der Waals surface area contributed by atoms with Gasteiger partial charge in [0, 0.05) is 16.6 Å². The highest BCUT2D eigenvalue weighted by molar-refractivity contribution is 9.10. The topological polar surface area (TPSA) is 49.8 Å². The van der Waals surface area contributed by atoms with Crippen LogP contribution in [0.2, 0.25) is 0 Å². The summed E-state index contributed by atoms with van der Waals surface area (Å²) in [6, 6.07) is 6.16. The fraction of sp³-hybridized carbons (Fsp3) is 0.375. The largest absolute Gasteiger partial charge is 0.370 e. The van der Waals surface area contributed by atoms with Crippen LogP contribution in [0, 0.1) is 6.92 Å². The molecule has 1 heterocycles. The molecule has 1 aromatic heterocycles. The van der Waals surface area contributed by atoms with Crippen LogP contribution in [0.5, 0.6) is 0 Å². The first-order valence-electron chi connectivity index (χ1n) is 7.27. The number of nitrogens with zero attached hydrogens (tertiary/aromatic N) is 2. The van der Waals surface area contributed by atoms with Crippen LogP contribution in [0.3, 0.4) is 0 Å². The Morgan fingerprint density at radius 2 is 1.90 bits per heavy atom. The first-order chi connectivity index (χ1) is 10.2. The number of hydrogen-bond donors (Lipinski definition) is 2. The number of benzene rings is 1. The second kappa shape index (κ2) is 7.41. The Labute approximate surface area is 134 Å². The van der Waals surface area contributed by atoms with Gasteiger partial charge in [0.25, 0.3) is 0 Å². The molecule has 0 atom stereocenters. The molecule has 0 fully saturated rings. The van der Waals surface area contributed by atoms with E-state index in [2.05, 4.69) is 63.4 Å². The van der Waals surface area contributed by atoms with E-state index in [0.29, 0.717) is 0 Å². The van der Waals surface area contributed by atoms with E-state index in [1.54, 1.807) is 6.33 Å². The van der Waals surface area contributed by atoms with E-state index in [1.807, 2.05) is 12.1 Å². The lowest BCUT2D eigenvalue weighted by Gasteiger charge is -2.15. The van der Waals surface area contributed by atoms with E-state index in [9.17, 15) is 0 Å². The van der Waals surface area contributed by atoms with Crippen molar-refractivity contribution in [3.63, 3.8) is 0 Å². The molecule has 5 heteroatoms. The molecule has 0 saturated heterocycles. The van der Waals surface area contributed by atoms with Gasteiger partial charge in [0.15, 0.2) is 0 Å². The van der Waals surface area contributed by atoms with Gasteiger partial charge in [0.2, 0.25) is 0 Å². The summed E-state index contributed by atoms with van der Waals surface area (Å²) in [5, 5.41) is 6.74. The minimum atomic E-state index is 0.849. The number of hydrogen-bond acceptors (Lipinski definition) is 4. The van der Waals surface area contributed by atoms with E-state index in [4.69, 9.17) is 0 Å². The number of aryl methyl sites for hydroxylation is 1. The Morgan fingerprint density at radius 1 is 1.14 bits per heavy atom. The maximum atomic E-state index is 4.42. The SMILES string of the molecule is CCCc1c(NCC)ncnc1Nc1cccc(C)c1Br. The first kappa shape index (κ1) is 15.8. The monoisotopic (exact) mass is 348 g/mol. The Balaban J connectivity index is 2.38. The Kier molecular flexibility index (Phi) is 5.56. The summed E-state index contributed by atoms with van der Waals surface area (Å²) < 4.78 is 1.07. The third-order valence-corrected chi connectivity index (χ3v) is 4.29. The fourth-order valence-electron chi connectivity index (χ4n) is 2.20. The summed E-state index contributed by atoms with van der Waals surface area (Å²) in [5.74, 6) is 1.79. The average Bonchev–Trinajstić information content (AvgIpc) is 2.47. The summed E-state index contributed by atoms with van der Waals surface area (Å²) in [4.78, 5) is 8.78. The molecule has 0 radical (unpaired) electrons. The molecule has 4 nitrogen and oxygen atoms in total. The van der Waals surface area contributed by atoms with Crippen LogP contribution in [-0.2, 0) is 6.42 Å². The van der Waals surface area contributed by atoms with Crippen LogP contribution >= 0.6 is 15.9 Å². The highest BCUT2D eigenvalue weighted by Crippen LogP contribution is 2.30. The quantitative estimate of drug-likeness (QED) is 0.795. The molecule has 1 aromatic carbocycles. The Bertz CT molecular complexity index is 613. The highest BCUT2D eigenvalue weighted by atomic mass is 79.9. The standard InChI is InChI=1S/C16H21BrN4/c1-4-7-12-15(18-5-2)19-10-20-16(12)21-13-9-6-8-11(3)14(13)17/h6,8-10H,4-5,7H2,1-3H3,(H2,18,19,20,21). The predicted octanol–water partition coefficient (Wildman–Crippen LogP) is 4.68. The third kappa shape index (κ3) is 3.73. The summed E-state index contributed by atoms with van der Waals surface area (Å²) >= 11 is 3.63. The van der Waals surface area contributed by atoms with Crippen molar-refractivity contribution in [2.75, 3.05) is 17.2 Å². The zero-order chi connectivity index (χ0) is 15.2. The number of halogens is 1. The van der Waals surface area contributed by atoms with Crippen LogP contribution in [-0.4, -0.2) is 16.5 Å². The van der Waals surface area contributed by atoms with E-state index < -0.39 is 0 Å². The minimum absolute atomic E-state index is 0.849. The van der Waals surface area contributed by atoms with Gasteiger partial charge >= 0.3 is 0 Å². The molecule has 2 aromatic rings. The lowest BCUT2D eigenvalue weighted by atomic mass is 10.1. The lowest BCUT2D eigenvalue weighted by Crippen LogP contribution is -2.08. The molecule has 0 unspecified atom stereocenters. The van der Waals surface area contributed by atoms with Crippen molar-refractivity contribution in [1.82, 2.24) is 9.97 Å². The number of rotatable bonds is 6. The smallest absolute Gasteiger partial charge is 0.139 e. The maximum absolute atomic E-state index is 4.42. The normalized spacial score (nSPS) is 10.5. The molecular formula is C16H21BrN4. The summed E-state index contributed by atoms with van der Waals surface area (Å²) in [7, 11) is 0. The number of anilines is 3. The molecular weight excluding hydrogens is 328 g/mol. The zero-order valence-corrected chi connectivity index (χ0v) is 14.3. The second-order valence-electron chi connectivity index (χ2n) is 4.89. The lowest BCUT2D eigenvalue weighted by molar-refractivity contribution is 0.902. The summed E-state index contributed by atoms with van der Waals surface area (Å²) in [6.07, 6.45) is 3.59. The molecule has 21 heavy (non-hydrogen) atoms. The number of nitrogens with one attached hydrogen (secondary N) is 2. The van der Waals surface area contributed by atoms with Gasteiger partial charge in [0.1, 0.15) is 18.0 Å². The van der Waals surface area contributed by atoms with Gasteiger partial charge in [-0.05, 0) is 47.8 Å². The molecule has 112 valence electrons. The van der Waals surface area contributed by atoms with Gasteiger partial charge in [-0.25, -0.2) is 9.97 Å². The van der Waals surface area contributed by atoms with Crippen molar-refractivity contribution in [2.24, 2.45) is 0 Å². The molecule has 0 aliphatic heterocycles. The highest BCUT2D eigenvalue weighted by Gasteiger charge is 2.12. The van der Waals surface area contributed by atoms with Crippen molar-refractivity contribution < 1.29 is 0 Å². The van der Waals surface area contributed by atoms with Crippen molar-refractivity contribution in [3.05, 3.63) is 40.1 Å². The zero-order valence-electron chi connectivity index (χ0n) is 12.7. The van der Waals surface area contributed by atoms with Crippen LogP contribution in [0.1, 0.15) is 31.4 Å². The first-order valence-corrected chi connectivity index (χ1v) is 8.06. The Morgan fingerprint density at radius 3 is 2.62 bits per heavy atom. The molecule has 0 saturated carbocycles. The molecule has 0 bridgehead atoms. The van der Waals surface area contributed by atoms with Gasteiger partial charge in [-0.2, -0.15) is 0 Å². The maximum Gasteiger partial charge on any atom is 0.139 e. The minimum Gasteiger partial charge on any atom is -0.370 e. The van der Waals surface area contributed by atoms with E-state index in [-0.39, 0.29) is 0 Å². The predicted molar refractivity (Wildman–Crippen MR) is 92.4 cm³/mol. The molecule has 0 spiro atoms. The molecule has 0 aliphatic rings. The fourth-order valence-corrected chi connectivity index (χ4v) is 2.56. The summed E-state index contributed by atoms with van der Waals surface area (Å²) in [5.41, 5.74) is 3.35. The van der Waals surface area contributed by atoms with Crippen LogP contribution < -0.4 is 10.6 Å². The van der Waals surface area contributed by atoms with Crippen molar-refractivity contribution >= 4 is 33.3 Å². The van der Waals surface area contributed by atoms with Gasteiger partial charge in [-0.3, -0.25) is 0 Å². The molecule has 2 rings (SSSR count). The molecule has 2 N–H and O–H groups in total. The molecule has 0 amide bonds. The van der Waals surface area contributed by atoms with Crippen molar-refractivity contribution in [2.45, 2.75) is 33.6 Å². The van der Waals surface area contributed by atoms with Crippen LogP contribution in [0.4, 0.5) is 17.3 Å². The van der Waals surface area contributed by atoms with Crippen LogP contribution in [0.25, 0.3) is 0 Å².